The molecule has 0 amide bonds. The number of phenolic OH excluding ortho intramolecular Hbond substituents is 1. The summed E-state index contributed by atoms with van der Waals surface area (Å²) in [6, 6.07) is 101. The van der Waals surface area contributed by atoms with Gasteiger partial charge in [0.25, 0.3) is 0 Å². The third-order valence-corrected chi connectivity index (χ3v) is 34.5. The number of carbonyl (C=O) groups excluding carboxylic acids is 3. The Morgan fingerprint density at radius 3 is 0.867 bits per heavy atom. The zero-order valence-corrected chi connectivity index (χ0v) is 76.5. The van der Waals surface area contributed by atoms with E-state index in [1.807, 2.05) is 108 Å². The van der Waals surface area contributed by atoms with Crippen molar-refractivity contribution in [3.05, 3.63) is 353 Å². The number of aromatic hydroxyl groups is 1. The van der Waals surface area contributed by atoms with Crippen LogP contribution < -0.4 is 0 Å². The molecule has 0 saturated heterocycles. The quantitative estimate of drug-likeness (QED) is 0.0300. The molecular weight excluding hydrogens is 2270 g/mol. The Kier molecular flexibility index (Phi) is 28.4. The number of ether oxygens (including phenoxy) is 3. The normalized spacial score (nSPS) is 13.5. The first-order valence-corrected chi connectivity index (χ1v) is 46.0. The van der Waals surface area contributed by atoms with Gasteiger partial charge in [0, 0.05) is 25.0 Å². The highest BCUT2D eigenvalue weighted by atomic mass is 127. The summed E-state index contributed by atoms with van der Waals surface area (Å²) in [6.45, 7) is 3.73. The molecule has 0 aliphatic heterocycles. The fourth-order valence-corrected chi connectivity index (χ4v) is 24.7. The smallest absolute Gasteiger partial charge is 0.343 e. The van der Waals surface area contributed by atoms with Gasteiger partial charge in [-0.15, -0.1) is 0 Å². The molecular formula is C87H69I8O7S3+3. The van der Waals surface area contributed by atoms with Gasteiger partial charge in [-0.05, 0) is 402 Å². The van der Waals surface area contributed by atoms with E-state index in [9.17, 15) is 19.5 Å². The Balaban J connectivity index is 0.000000148. The molecule has 105 heavy (non-hydrogen) atoms. The second-order valence-corrected chi connectivity index (χ2v) is 40.5. The van der Waals surface area contributed by atoms with Gasteiger partial charge >= 0.3 is 17.9 Å². The molecule has 0 heterocycles. The Morgan fingerprint density at radius 1 is 0.314 bits per heavy atom. The van der Waals surface area contributed by atoms with E-state index in [1.165, 1.54) is 44.1 Å². The average Bonchev–Trinajstić information content (AvgIpc) is 1.50. The number of halogens is 8. The molecule has 14 rings (SSSR count). The summed E-state index contributed by atoms with van der Waals surface area (Å²) in [4.78, 5) is 51.2. The molecule has 0 aromatic heterocycles. The lowest BCUT2D eigenvalue weighted by Gasteiger charge is -2.41. The zero-order chi connectivity index (χ0) is 73.8. The molecule has 12 aromatic carbocycles. The van der Waals surface area contributed by atoms with Crippen molar-refractivity contribution in [3.63, 3.8) is 0 Å². The van der Waals surface area contributed by atoms with Crippen LogP contribution in [0, 0.1) is 28.6 Å². The van der Waals surface area contributed by atoms with E-state index in [0.717, 1.165) is 83.1 Å². The van der Waals surface area contributed by atoms with Crippen molar-refractivity contribution in [1.29, 1.82) is 0 Å². The van der Waals surface area contributed by atoms with Crippen molar-refractivity contribution in [2.24, 2.45) is 0 Å². The van der Waals surface area contributed by atoms with Crippen LogP contribution in [0.25, 0.3) is 0 Å². The van der Waals surface area contributed by atoms with E-state index in [1.54, 1.807) is 12.1 Å². The minimum absolute atomic E-state index is 0.0431. The van der Waals surface area contributed by atoms with Gasteiger partial charge in [0.15, 0.2) is 44.1 Å². The number of hydrogen-bond donors (Lipinski definition) is 1. The lowest BCUT2D eigenvalue weighted by atomic mass is 9.75. The number of rotatable bonds is 18. The van der Waals surface area contributed by atoms with E-state index < -0.39 is 22.8 Å². The Bertz CT molecular complexity index is 4860. The molecule has 530 valence electrons. The number of esters is 3. The summed E-state index contributed by atoms with van der Waals surface area (Å²) >= 11 is 17.6. The van der Waals surface area contributed by atoms with Gasteiger partial charge < -0.3 is 19.3 Å². The fraction of sp³-hybridized carbons (Fsp3) is 0.138. The highest BCUT2D eigenvalue weighted by molar-refractivity contribution is 14.1. The monoisotopic (exact) mass is 2340 g/mol. The first-order chi connectivity index (χ1) is 50.7. The second kappa shape index (κ2) is 37.2. The van der Waals surface area contributed by atoms with Crippen molar-refractivity contribution in [2.75, 3.05) is 0 Å². The minimum Gasteiger partial charge on any atom is -0.506 e. The topological polar surface area (TPSA) is 99.1 Å². The summed E-state index contributed by atoms with van der Waals surface area (Å²) in [5.74, 6) is -1.03. The van der Waals surface area contributed by atoms with E-state index in [4.69, 9.17) is 14.2 Å². The minimum atomic E-state index is -0.871. The predicted molar refractivity (Wildman–Crippen MR) is 492 cm³/mol. The molecule has 2 aliphatic carbocycles. The number of benzene rings is 12. The van der Waals surface area contributed by atoms with E-state index in [-0.39, 0.29) is 55.9 Å². The van der Waals surface area contributed by atoms with Crippen LogP contribution in [0.5, 0.6) is 5.75 Å². The zero-order valence-electron chi connectivity index (χ0n) is 56.8. The lowest BCUT2D eigenvalue weighted by molar-refractivity contribution is -0.0674. The fourth-order valence-electron chi connectivity index (χ4n) is 12.7. The highest BCUT2D eigenvalue weighted by Gasteiger charge is 2.45. The molecule has 2 saturated carbocycles. The molecule has 2 aliphatic rings. The van der Waals surface area contributed by atoms with Gasteiger partial charge in [-0.1, -0.05) is 146 Å². The Labute approximate surface area is 733 Å². The molecule has 0 spiro atoms. The standard InChI is InChI=1S/C30H24I3O2S.C29H22I3O2S.C28H22I2O3S/c31-25-17-18-26(32)28(33)27(25)29(34)35-30(19-7-8-20-30)21-13-15-24(16-14-21)36(22-9-3-1-4-10-22)23-11-5-2-6-12-23;30-24-16-17-25(31)27(32)26(24)28(33)34-29(18-7-19-29)20-12-14-23(15-13-20)35(21-8-3-1-4-9-21)22-10-5-2-6-11-22;1-28(2,33-27(32)25-23(29)17-18-24(30)26(25)31)19-13-15-22(16-14-19)34(20-9-5-3-6-10-20)21-11-7-4-8-12-21/h1-6,9-18H,7-8,19-20H2;1-6,8-17H,7,18-19H2;3-18H,1-2H3/q2*+1;/p+1. The van der Waals surface area contributed by atoms with Crippen LogP contribution in [0.1, 0.15) is 107 Å². The van der Waals surface area contributed by atoms with Crippen molar-refractivity contribution in [1.82, 2.24) is 0 Å². The molecule has 1 N–H and O–H groups in total. The van der Waals surface area contributed by atoms with Crippen LogP contribution in [0.3, 0.4) is 0 Å². The maximum absolute atomic E-state index is 13.5. The summed E-state index contributed by atoms with van der Waals surface area (Å²) < 4.78 is 25.8. The first kappa shape index (κ1) is 80.3. The van der Waals surface area contributed by atoms with E-state index in [0.29, 0.717) is 18.3 Å². The van der Waals surface area contributed by atoms with Gasteiger partial charge in [-0.3, -0.25) is 0 Å². The summed E-state index contributed by atoms with van der Waals surface area (Å²) in [5.41, 5.74) is 2.64. The lowest BCUT2D eigenvalue weighted by Crippen LogP contribution is -2.39. The third kappa shape index (κ3) is 19.2. The van der Waals surface area contributed by atoms with Crippen LogP contribution in [-0.4, -0.2) is 23.0 Å². The van der Waals surface area contributed by atoms with E-state index >= 15 is 0 Å². The van der Waals surface area contributed by atoms with Gasteiger partial charge in [-0.25, -0.2) is 14.4 Å². The average molecular weight is 2340 g/mol. The molecule has 0 unspecified atom stereocenters. The number of phenols is 1. The summed E-state index contributed by atoms with van der Waals surface area (Å²) in [6.07, 6.45) is 6.63. The Hall–Kier alpha value is -4.26. The van der Waals surface area contributed by atoms with Crippen LogP contribution in [0.2, 0.25) is 0 Å². The summed E-state index contributed by atoms with van der Waals surface area (Å²) in [7, 11) is -0.633. The molecule has 18 heteroatoms. The molecule has 7 nitrogen and oxygen atoms in total. The SMILES string of the molecule is CC(C)(OC(=O)c1c(I)ccc(I)c1O)c1ccc([S+](c2ccccc2)c2ccccc2)cc1.O=C(OC1(c2ccc([S+](c3ccccc3)c3ccccc3)cc2)CCC1)c1c(I)ccc(I)c1I.O=C(OC1(c2ccc([S+](c3ccccc3)c3ccccc3)cc2)CCCC1)c1c(I)ccc(I)c1I. The van der Waals surface area contributed by atoms with Crippen molar-refractivity contribution in [3.8, 4) is 5.75 Å². The van der Waals surface area contributed by atoms with Gasteiger partial charge in [0.1, 0.15) is 28.1 Å². The van der Waals surface area contributed by atoms with Gasteiger partial charge in [0.05, 0.1) is 47.4 Å². The van der Waals surface area contributed by atoms with Crippen molar-refractivity contribution in [2.45, 2.75) is 120 Å². The van der Waals surface area contributed by atoms with Gasteiger partial charge in [-0.2, -0.15) is 0 Å². The molecule has 0 radical (unpaired) electrons. The maximum atomic E-state index is 13.5. The largest absolute Gasteiger partial charge is 0.506 e. The van der Waals surface area contributed by atoms with Gasteiger partial charge in [0.2, 0.25) is 0 Å². The van der Waals surface area contributed by atoms with Crippen LogP contribution >= 0.6 is 181 Å². The molecule has 2 fully saturated rings. The van der Waals surface area contributed by atoms with Crippen LogP contribution in [0.4, 0.5) is 0 Å². The predicted octanol–water partition coefficient (Wildman–Crippen LogP) is 25.8. The summed E-state index contributed by atoms with van der Waals surface area (Å²) in [5, 5.41) is 10.4. The van der Waals surface area contributed by atoms with Crippen molar-refractivity contribution < 1.29 is 33.7 Å². The van der Waals surface area contributed by atoms with Crippen LogP contribution in [0.15, 0.2) is 335 Å². The van der Waals surface area contributed by atoms with Crippen LogP contribution in [-0.2, 0) is 63.7 Å². The molecule has 12 aromatic rings. The maximum Gasteiger partial charge on any atom is 0.343 e. The second-order valence-electron chi connectivity index (χ2n) is 25.3. The molecule has 0 bridgehead atoms. The number of carbonyl (C=O) groups is 3. The first-order valence-electron chi connectivity index (χ1n) is 33.7. The Morgan fingerprint density at radius 2 is 0.571 bits per heavy atom. The highest BCUT2D eigenvalue weighted by Crippen LogP contribution is 2.48. The van der Waals surface area contributed by atoms with Crippen molar-refractivity contribution >= 4 is 231 Å². The number of hydrogen-bond acceptors (Lipinski definition) is 7. The molecule has 0 atom stereocenters. The van der Waals surface area contributed by atoms with E-state index in [2.05, 4.69) is 366 Å². The third-order valence-electron chi connectivity index (χ3n) is 18.2.